The van der Waals surface area contributed by atoms with Crippen LogP contribution < -0.4 is 0 Å². The van der Waals surface area contributed by atoms with Crippen LogP contribution in [0.2, 0.25) is 0 Å². The molecule has 1 aliphatic heterocycles. The van der Waals surface area contributed by atoms with E-state index in [2.05, 4.69) is 11.8 Å². The lowest BCUT2D eigenvalue weighted by molar-refractivity contribution is -0.143. The maximum Gasteiger partial charge on any atom is 0.228 e. The standard InChI is InChI=1S/C16H27NO2/c1-16(9-2-3-10-16)15(19)17-11-5-7-13(17)12-6-4-8-14(12)18/h12-14,18H,2-11H2,1H3. The average molecular weight is 265 g/mol. The summed E-state index contributed by atoms with van der Waals surface area (Å²) in [4.78, 5) is 15.0. The van der Waals surface area contributed by atoms with Crippen molar-refractivity contribution in [1.29, 1.82) is 0 Å². The van der Waals surface area contributed by atoms with Crippen LogP contribution in [0, 0.1) is 11.3 Å². The average Bonchev–Trinajstić information content (AvgIpc) is 3.08. The van der Waals surface area contributed by atoms with Gasteiger partial charge in [0.25, 0.3) is 0 Å². The summed E-state index contributed by atoms with van der Waals surface area (Å²) < 4.78 is 0. The van der Waals surface area contributed by atoms with E-state index in [1.807, 2.05) is 0 Å². The summed E-state index contributed by atoms with van der Waals surface area (Å²) in [5.41, 5.74) is -0.105. The van der Waals surface area contributed by atoms with E-state index in [1.54, 1.807) is 0 Å². The fraction of sp³-hybridized carbons (Fsp3) is 0.938. The second-order valence-corrected chi connectivity index (χ2v) is 7.14. The molecule has 0 spiro atoms. The lowest BCUT2D eigenvalue weighted by Gasteiger charge is -2.36. The molecule has 1 saturated heterocycles. The Labute approximate surface area is 116 Å². The minimum atomic E-state index is -0.171. The summed E-state index contributed by atoms with van der Waals surface area (Å²) in [5.74, 6) is 0.725. The fourth-order valence-corrected chi connectivity index (χ4v) is 4.62. The lowest BCUT2D eigenvalue weighted by Crippen LogP contribution is -2.47. The number of hydrogen-bond donors (Lipinski definition) is 1. The number of carbonyl (C=O) groups excluding carboxylic acids is 1. The molecule has 0 aromatic carbocycles. The third-order valence-corrected chi connectivity index (χ3v) is 5.81. The molecule has 19 heavy (non-hydrogen) atoms. The Morgan fingerprint density at radius 1 is 1.11 bits per heavy atom. The Kier molecular flexibility index (Phi) is 3.59. The summed E-state index contributed by atoms with van der Waals surface area (Å²) in [6, 6.07) is 0.322. The molecule has 3 unspecified atom stereocenters. The number of rotatable bonds is 2. The topological polar surface area (TPSA) is 40.5 Å². The van der Waals surface area contributed by atoms with Crippen molar-refractivity contribution in [3.8, 4) is 0 Å². The highest BCUT2D eigenvalue weighted by Gasteiger charge is 2.46. The van der Waals surface area contributed by atoms with Crippen molar-refractivity contribution in [2.24, 2.45) is 11.3 Å². The first-order chi connectivity index (χ1) is 9.12. The zero-order valence-electron chi connectivity index (χ0n) is 12.1. The van der Waals surface area contributed by atoms with E-state index in [9.17, 15) is 9.90 Å². The number of likely N-dealkylation sites (tertiary alicyclic amines) is 1. The van der Waals surface area contributed by atoms with E-state index >= 15 is 0 Å². The van der Waals surface area contributed by atoms with E-state index < -0.39 is 0 Å². The summed E-state index contributed by atoms with van der Waals surface area (Å²) in [5, 5.41) is 10.1. The van der Waals surface area contributed by atoms with Gasteiger partial charge in [-0.1, -0.05) is 26.2 Å². The molecule has 1 heterocycles. The molecule has 108 valence electrons. The molecule has 3 heteroatoms. The molecule has 3 rings (SSSR count). The molecule has 0 aromatic heterocycles. The van der Waals surface area contributed by atoms with Crippen molar-refractivity contribution in [2.45, 2.75) is 76.9 Å². The monoisotopic (exact) mass is 265 g/mol. The van der Waals surface area contributed by atoms with Crippen LogP contribution in [0.15, 0.2) is 0 Å². The number of aliphatic hydroxyl groups is 1. The molecule has 1 amide bonds. The van der Waals surface area contributed by atoms with Gasteiger partial charge in [0.05, 0.1) is 6.10 Å². The predicted octanol–water partition coefficient (Wildman–Crippen LogP) is 2.72. The van der Waals surface area contributed by atoms with Crippen LogP contribution >= 0.6 is 0 Å². The summed E-state index contributed by atoms with van der Waals surface area (Å²) in [6.45, 7) is 3.07. The summed E-state index contributed by atoms with van der Waals surface area (Å²) in [7, 11) is 0. The van der Waals surface area contributed by atoms with Crippen molar-refractivity contribution in [3.63, 3.8) is 0 Å². The number of nitrogens with zero attached hydrogens (tertiary/aromatic N) is 1. The van der Waals surface area contributed by atoms with Gasteiger partial charge in [-0.05, 0) is 38.5 Å². The maximum atomic E-state index is 12.9. The van der Waals surface area contributed by atoms with Gasteiger partial charge in [-0.15, -0.1) is 0 Å². The van der Waals surface area contributed by atoms with Crippen LogP contribution in [0.3, 0.4) is 0 Å². The fourth-order valence-electron chi connectivity index (χ4n) is 4.62. The van der Waals surface area contributed by atoms with Gasteiger partial charge in [-0.2, -0.15) is 0 Å². The molecule has 3 aliphatic rings. The van der Waals surface area contributed by atoms with Crippen LogP contribution in [0.5, 0.6) is 0 Å². The Balaban J connectivity index is 1.74. The number of aliphatic hydroxyl groups excluding tert-OH is 1. The van der Waals surface area contributed by atoms with E-state index in [0.29, 0.717) is 17.9 Å². The van der Waals surface area contributed by atoms with Gasteiger partial charge < -0.3 is 10.0 Å². The second-order valence-electron chi connectivity index (χ2n) is 7.14. The van der Waals surface area contributed by atoms with Crippen LogP contribution in [-0.4, -0.2) is 34.6 Å². The predicted molar refractivity (Wildman–Crippen MR) is 74.7 cm³/mol. The van der Waals surface area contributed by atoms with Crippen molar-refractivity contribution >= 4 is 5.91 Å². The Bertz CT molecular complexity index is 349. The molecular formula is C16H27NO2. The molecule has 2 aliphatic carbocycles. The van der Waals surface area contributed by atoms with Gasteiger partial charge in [0.2, 0.25) is 5.91 Å². The molecule has 2 saturated carbocycles. The first-order valence-electron chi connectivity index (χ1n) is 8.11. The highest BCUT2D eigenvalue weighted by molar-refractivity contribution is 5.83. The van der Waals surface area contributed by atoms with E-state index in [4.69, 9.17) is 0 Å². The van der Waals surface area contributed by atoms with Gasteiger partial charge >= 0.3 is 0 Å². The largest absolute Gasteiger partial charge is 0.393 e. The maximum absolute atomic E-state index is 12.9. The van der Waals surface area contributed by atoms with Gasteiger partial charge in [0.15, 0.2) is 0 Å². The van der Waals surface area contributed by atoms with Crippen LogP contribution in [0.1, 0.15) is 64.7 Å². The van der Waals surface area contributed by atoms with Crippen molar-refractivity contribution in [1.82, 2.24) is 4.90 Å². The number of amides is 1. The molecule has 3 atom stereocenters. The van der Waals surface area contributed by atoms with E-state index in [1.165, 1.54) is 12.8 Å². The Morgan fingerprint density at radius 2 is 1.84 bits per heavy atom. The molecule has 3 nitrogen and oxygen atoms in total. The molecular weight excluding hydrogens is 238 g/mol. The zero-order valence-corrected chi connectivity index (χ0v) is 12.1. The van der Waals surface area contributed by atoms with Gasteiger partial charge in [-0.25, -0.2) is 0 Å². The molecule has 0 bridgehead atoms. The highest BCUT2D eigenvalue weighted by atomic mass is 16.3. The first kappa shape index (κ1) is 13.4. The van der Waals surface area contributed by atoms with Crippen LogP contribution in [0.4, 0.5) is 0 Å². The second kappa shape index (κ2) is 5.08. The molecule has 1 N–H and O–H groups in total. The summed E-state index contributed by atoms with van der Waals surface area (Å²) >= 11 is 0. The lowest BCUT2D eigenvalue weighted by atomic mass is 9.85. The van der Waals surface area contributed by atoms with Crippen molar-refractivity contribution in [2.75, 3.05) is 6.54 Å². The summed E-state index contributed by atoms with van der Waals surface area (Å²) in [6.07, 6.45) is 9.73. The van der Waals surface area contributed by atoms with E-state index in [-0.39, 0.29) is 11.5 Å². The van der Waals surface area contributed by atoms with Crippen molar-refractivity contribution < 1.29 is 9.90 Å². The van der Waals surface area contributed by atoms with Gasteiger partial charge in [0.1, 0.15) is 0 Å². The highest BCUT2D eigenvalue weighted by Crippen LogP contribution is 2.43. The Morgan fingerprint density at radius 3 is 2.47 bits per heavy atom. The van der Waals surface area contributed by atoms with Gasteiger partial charge in [0, 0.05) is 23.9 Å². The molecule has 0 radical (unpaired) electrons. The minimum absolute atomic E-state index is 0.105. The first-order valence-corrected chi connectivity index (χ1v) is 8.11. The number of carbonyl (C=O) groups is 1. The normalized spacial score (nSPS) is 38.0. The SMILES string of the molecule is CC1(C(=O)N2CCCC2C2CCCC2O)CCCC1. The minimum Gasteiger partial charge on any atom is -0.393 e. The Hall–Kier alpha value is -0.570. The van der Waals surface area contributed by atoms with Crippen molar-refractivity contribution in [3.05, 3.63) is 0 Å². The third kappa shape index (κ3) is 2.31. The quantitative estimate of drug-likeness (QED) is 0.834. The molecule has 3 fully saturated rings. The smallest absolute Gasteiger partial charge is 0.228 e. The van der Waals surface area contributed by atoms with E-state index in [0.717, 1.165) is 51.5 Å². The third-order valence-electron chi connectivity index (χ3n) is 5.81. The number of hydrogen-bond acceptors (Lipinski definition) is 2. The van der Waals surface area contributed by atoms with Crippen LogP contribution in [-0.2, 0) is 4.79 Å². The van der Waals surface area contributed by atoms with Gasteiger partial charge in [-0.3, -0.25) is 4.79 Å². The molecule has 0 aromatic rings. The van der Waals surface area contributed by atoms with Crippen LogP contribution in [0.25, 0.3) is 0 Å². The zero-order chi connectivity index (χ0) is 13.5.